The minimum atomic E-state index is -1.05. The first-order chi connectivity index (χ1) is 14.1. The smallest absolute Gasteiger partial charge is 0.210 e. The Morgan fingerprint density at radius 1 is 1.31 bits per heavy atom. The van der Waals surface area contributed by atoms with Gasteiger partial charge in [0.05, 0.1) is 15.9 Å². The molecule has 0 radical (unpaired) electrons. The lowest BCUT2D eigenvalue weighted by atomic mass is 9.91. The maximum atomic E-state index is 15.1. The molecule has 29 heavy (non-hydrogen) atoms. The van der Waals surface area contributed by atoms with Gasteiger partial charge in [0.25, 0.3) is 0 Å². The van der Waals surface area contributed by atoms with Crippen LogP contribution in [0.15, 0.2) is 46.3 Å². The summed E-state index contributed by atoms with van der Waals surface area (Å²) in [6, 6.07) is 5.88. The van der Waals surface area contributed by atoms with Gasteiger partial charge in [-0.3, -0.25) is 0 Å². The van der Waals surface area contributed by atoms with E-state index >= 15 is 4.39 Å². The van der Waals surface area contributed by atoms with Crippen molar-refractivity contribution >= 4 is 44.6 Å². The zero-order valence-corrected chi connectivity index (χ0v) is 18.7. The maximum absolute atomic E-state index is 15.1. The molecular formula is C22H19BrClFN2OS. The lowest BCUT2D eigenvalue weighted by Gasteiger charge is -2.43. The van der Waals surface area contributed by atoms with Gasteiger partial charge >= 0.3 is 0 Å². The van der Waals surface area contributed by atoms with Crippen LogP contribution < -0.4 is 4.90 Å². The summed E-state index contributed by atoms with van der Waals surface area (Å²) in [5.41, 5.74) is 2.97. The summed E-state index contributed by atoms with van der Waals surface area (Å²) < 4.78 is 22.4. The van der Waals surface area contributed by atoms with E-state index in [9.17, 15) is 0 Å². The van der Waals surface area contributed by atoms with Crippen molar-refractivity contribution in [1.82, 2.24) is 4.98 Å². The highest BCUT2D eigenvalue weighted by atomic mass is 79.9. The van der Waals surface area contributed by atoms with Gasteiger partial charge in [-0.1, -0.05) is 27.5 Å². The number of nitrogens with zero attached hydrogens (tertiary/aromatic N) is 2. The number of hydrogen-bond acceptors (Lipinski definition) is 4. The van der Waals surface area contributed by atoms with Crippen LogP contribution in [0.25, 0.3) is 0 Å². The van der Waals surface area contributed by atoms with Crippen molar-refractivity contribution in [3.8, 4) is 0 Å². The molecule has 0 amide bonds. The third-order valence-electron chi connectivity index (χ3n) is 6.18. The van der Waals surface area contributed by atoms with Gasteiger partial charge in [0.2, 0.25) is 6.23 Å². The van der Waals surface area contributed by atoms with Crippen LogP contribution in [0.3, 0.4) is 0 Å². The van der Waals surface area contributed by atoms with E-state index in [1.54, 1.807) is 11.3 Å². The highest BCUT2D eigenvalue weighted by molar-refractivity contribution is 9.11. The average Bonchev–Trinajstić information content (AvgIpc) is 3.22. The molecule has 3 unspecified atom stereocenters. The molecule has 2 aliphatic carbocycles. The number of aromatic nitrogens is 1. The molecule has 3 atom stereocenters. The van der Waals surface area contributed by atoms with Gasteiger partial charge < -0.3 is 9.64 Å². The molecule has 2 aromatic rings. The Morgan fingerprint density at radius 3 is 3.00 bits per heavy atom. The minimum absolute atomic E-state index is 0.0574. The quantitative estimate of drug-likeness (QED) is 0.489. The van der Waals surface area contributed by atoms with Crippen LogP contribution in [0, 0.1) is 5.92 Å². The number of thiazole rings is 1. The molecule has 150 valence electrons. The summed E-state index contributed by atoms with van der Waals surface area (Å²) in [7, 11) is 0. The summed E-state index contributed by atoms with van der Waals surface area (Å²) in [6.07, 6.45) is 7.32. The molecule has 3 heterocycles. The molecule has 1 saturated carbocycles. The summed E-state index contributed by atoms with van der Waals surface area (Å²) >= 11 is 11.5. The number of alkyl halides is 1. The second kappa shape index (κ2) is 6.82. The molecule has 2 aliphatic heterocycles. The first-order valence-corrected chi connectivity index (χ1v) is 12.0. The maximum Gasteiger partial charge on any atom is 0.210 e. The van der Waals surface area contributed by atoms with Gasteiger partial charge in [0, 0.05) is 39.8 Å². The van der Waals surface area contributed by atoms with E-state index in [1.165, 1.54) is 17.8 Å². The van der Waals surface area contributed by atoms with Crippen molar-refractivity contribution < 1.29 is 9.13 Å². The lowest BCUT2D eigenvalue weighted by Crippen LogP contribution is -2.45. The molecule has 0 N–H and O–H groups in total. The molecule has 3 nitrogen and oxygen atoms in total. The topological polar surface area (TPSA) is 25.4 Å². The zero-order chi connectivity index (χ0) is 19.7. The van der Waals surface area contributed by atoms with Crippen molar-refractivity contribution in [2.45, 2.75) is 50.5 Å². The van der Waals surface area contributed by atoms with Gasteiger partial charge in [0.15, 0.2) is 0 Å². The average molecular weight is 494 g/mol. The molecule has 1 aromatic carbocycles. The van der Waals surface area contributed by atoms with E-state index in [1.807, 2.05) is 30.5 Å². The van der Waals surface area contributed by atoms with Crippen LogP contribution in [0.4, 0.5) is 10.1 Å². The van der Waals surface area contributed by atoms with E-state index in [0.717, 1.165) is 44.9 Å². The van der Waals surface area contributed by atoms with Crippen LogP contribution in [-0.2, 0) is 17.6 Å². The standard InChI is InChI=1S/C22H19BrClFN2OS/c23-13-8-15(25)21-17-7-12-6-14(24)3-4-16(12)27(17)22(28-18(21)9-13)19-10-26-20(29-19)5-11-1-2-11/h3-4,6,9-11,15,17,22H,1-2,5,7-8H2. The number of hydrogen-bond donors (Lipinski definition) is 0. The first-order valence-electron chi connectivity index (χ1n) is 9.99. The van der Waals surface area contributed by atoms with E-state index in [2.05, 4.69) is 25.8 Å². The second-order valence-electron chi connectivity index (χ2n) is 8.26. The molecule has 4 aliphatic rings. The number of benzene rings is 1. The molecule has 6 rings (SSSR count). The fourth-order valence-corrected chi connectivity index (χ4v) is 6.41. The highest BCUT2D eigenvalue weighted by Gasteiger charge is 2.47. The van der Waals surface area contributed by atoms with E-state index < -0.39 is 6.17 Å². The molecule has 0 spiro atoms. The third-order valence-corrected chi connectivity index (χ3v) is 8.02. The third kappa shape index (κ3) is 3.15. The Hall–Kier alpha value is -1.37. The number of allylic oxidation sites excluding steroid dienone is 2. The fraction of sp³-hybridized carbons (Fsp3) is 0.409. The predicted octanol–water partition coefficient (Wildman–Crippen LogP) is 6.48. The second-order valence-corrected chi connectivity index (χ2v) is 10.9. The Bertz CT molecular complexity index is 1060. The van der Waals surface area contributed by atoms with Crippen molar-refractivity contribution in [2.24, 2.45) is 5.92 Å². The summed E-state index contributed by atoms with van der Waals surface area (Å²) in [5.74, 6) is 1.46. The largest absolute Gasteiger partial charge is 0.465 e. The first kappa shape index (κ1) is 18.4. The number of ether oxygens (including phenoxy) is 1. The molecular weight excluding hydrogens is 475 g/mol. The van der Waals surface area contributed by atoms with E-state index in [0.29, 0.717) is 17.2 Å². The number of anilines is 1. The van der Waals surface area contributed by atoms with Gasteiger partial charge in [-0.2, -0.15) is 0 Å². The molecule has 1 fully saturated rings. The molecule has 0 saturated heterocycles. The van der Waals surface area contributed by atoms with Crippen molar-refractivity contribution in [3.05, 3.63) is 66.8 Å². The van der Waals surface area contributed by atoms with Gasteiger partial charge in [-0.05, 0) is 55.0 Å². The monoisotopic (exact) mass is 492 g/mol. The normalized spacial score (nSPS) is 27.9. The minimum Gasteiger partial charge on any atom is -0.465 e. The van der Waals surface area contributed by atoms with E-state index in [4.69, 9.17) is 16.3 Å². The predicted molar refractivity (Wildman–Crippen MR) is 117 cm³/mol. The zero-order valence-electron chi connectivity index (χ0n) is 15.6. The van der Waals surface area contributed by atoms with Crippen LogP contribution in [0.5, 0.6) is 0 Å². The van der Waals surface area contributed by atoms with Crippen molar-refractivity contribution in [1.29, 1.82) is 0 Å². The van der Waals surface area contributed by atoms with Crippen LogP contribution in [0.1, 0.15) is 40.9 Å². The van der Waals surface area contributed by atoms with Crippen LogP contribution in [-0.4, -0.2) is 17.2 Å². The number of halogens is 3. The Kier molecular flexibility index (Phi) is 4.33. The molecule has 7 heteroatoms. The molecule has 0 bridgehead atoms. The fourth-order valence-electron chi connectivity index (χ4n) is 4.66. The number of rotatable bonds is 3. The summed E-state index contributed by atoms with van der Waals surface area (Å²) in [4.78, 5) is 7.97. The van der Waals surface area contributed by atoms with Crippen molar-refractivity contribution in [3.63, 3.8) is 0 Å². The lowest BCUT2D eigenvalue weighted by molar-refractivity contribution is 0.0915. The van der Waals surface area contributed by atoms with Crippen molar-refractivity contribution in [2.75, 3.05) is 4.90 Å². The van der Waals surface area contributed by atoms with Crippen LogP contribution in [0.2, 0.25) is 5.02 Å². The Balaban J connectivity index is 1.45. The summed E-state index contributed by atoms with van der Waals surface area (Å²) in [6.45, 7) is 0. The Labute approximate surface area is 186 Å². The molecule has 1 aromatic heterocycles. The van der Waals surface area contributed by atoms with Crippen LogP contribution >= 0.6 is 38.9 Å². The highest BCUT2D eigenvalue weighted by Crippen LogP contribution is 2.51. The van der Waals surface area contributed by atoms with Gasteiger partial charge in [-0.25, -0.2) is 9.37 Å². The SMILES string of the molecule is FC1CC(Br)=CC2=C1C1Cc3cc(Cl)ccc3N1C(c1cnc(CC3CC3)s1)O2. The Morgan fingerprint density at radius 2 is 2.17 bits per heavy atom. The van der Waals surface area contributed by atoms with E-state index in [-0.39, 0.29) is 12.3 Å². The van der Waals surface area contributed by atoms with Gasteiger partial charge in [-0.15, -0.1) is 11.3 Å². The number of fused-ring (bicyclic) bond motifs is 4. The van der Waals surface area contributed by atoms with Gasteiger partial charge in [0.1, 0.15) is 11.9 Å². The summed E-state index contributed by atoms with van der Waals surface area (Å²) in [5, 5.41) is 1.88.